The first kappa shape index (κ1) is 13.6. The van der Waals surface area contributed by atoms with Crippen LogP contribution in [0.4, 0.5) is 0 Å². The highest BCUT2D eigenvalue weighted by atomic mass is 14.4. The Morgan fingerprint density at radius 1 is 1.39 bits per heavy atom. The molecule has 0 bridgehead atoms. The molecule has 0 radical (unpaired) electrons. The highest BCUT2D eigenvalue weighted by molar-refractivity contribution is 5.95. The summed E-state index contributed by atoms with van der Waals surface area (Å²) in [6.45, 7) is 6.65. The van der Waals surface area contributed by atoms with Gasteiger partial charge in [0.15, 0.2) is 0 Å². The lowest BCUT2D eigenvalue weighted by atomic mass is 9.66. The fraction of sp³-hybridized carbons (Fsp3) is 0.706. The third kappa shape index (κ3) is 2.76. The van der Waals surface area contributed by atoms with Gasteiger partial charge in [-0.3, -0.25) is 0 Å². The first-order valence-corrected chi connectivity index (χ1v) is 7.56. The van der Waals surface area contributed by atoms with Crippen molar-refractivity contribution in [1.82, 2.24) is 0 Å². The lowest BCUT2D eigenvalue weighted by Gasteiger charge is -2.38. The summed E-state index contributed by atoms with van der Waals surface area (Å²) in [5.74, 6) is 3.10. The van der Waals surface area contributed by atoms with Gasteiger partial charge < -0.3 is 5.41 Å². The molecule has 2 aliphatic rings. The normalized spacial score (nSPS) is 36.3. The van der Waals surface area contributed by atoms with Crippen LogP contribution < -0.4 is 0 Å². The Bertz CT molecular complexity index is 364. The molecule has 2 rings (SSSR count). The number of nitrogens with one attached hydrogen (secondary N) is 1. The van der Waals surface area contributed by atoms with E-state index in [9.17, 15) is 0 Å². The van der Waals surface area contributed by atoms with E-state index < -0.39 is 0 Å². The van der Waals surface area contributed by atoms with Crippen LogP contribution in [-0.2, 0) is 0 Å². The molecule has 0 saturated carbocycles. The zero-order valence-corrected chi connectivity index (χ0v) is 12.1. The van der Waals surface area contributed by atoms with Crippen molar-refractivity contribution in [2.24, 2.45) is 23.7 Å². The molecule has 0 saturated heterocycles. The molecule has 100 valence electrons. The fourth-order valence-electron chi connectivity index (χ4n) is 3.77. The summed E-state index contributed by atoms with van der Waals surface area (Å²) in [5.41, 5.74) is 2.07. The molecule has 0 amide bonds. The largest absolute Gasteiger partial charge is 0.305 e. The minimum atomic E-state index is 0.684. The molecule has 0 aromatic heterocycles. The second-order valence-corrected chi connectivity index (χ2v) is 6.15. The van der Waals surface area contributed by atoms with Gasteiger partial charge in [-0.05, 0) is 68.3 Å². The monoisotopic (exact) mass is 245 g/mol. The molecule has 4 unspecified atom stereocenters. The Morgan fingerprint density at radius 3 is 2.78 bits per heavy atom. The predicted octanol–water partition coefficient (Wildman–Crippen LogP) is 4.99. The van der Waals surface area contributed by atoms with Gasteiger partial charge in [-0.2, -0.15) is 0 Å². The Labute approximate surface area is 112 Å². The first-order valence-electron chi connectivity index (χ1n) is 7.56. The summed E-state index contributed by atoms with van der Waals surface area (Å²) in [7, 11) is 0. The van der Waals surface area contributed by atoms with E-state index in [0.29, 0.717) is 5.92 Å². The zero-order valence-electron chi connectivity index (χ0n) is 12.1. The van der Waals surface area contributed by atoms with E-state index in [2.05, 4.69) is 32.1 Å². The number of hydrogen-bond acceptors (Lipinski definition) is 1. The van der Waals surface area contributed by atoms with Crippen LogP contribution >= 0.6 is 0 Å². The van der Waals surface area contributed by atoms with E-state index in [1.165, 1.54) is 31.3 Å². The molecule has 18 heavy (non-hydrogen) atoms. The smallest absolute Gasteiger partial charge is 0.0311 e. The van der Waals surface area contributed by atoms with Crippen LogP contribution in [0.2, 0.25) is 0 Å². The lowest BCUT2D eigenvalue weighted by Crippen LogP contribution is -2.30. The highest BCUT2D eigenvalue weighted by Crippen LogP contribution is 2.42. The predicted molar refractivity (Wildman–Crippen MR) is 79.0 cm³/mol. The molecule has 0 aromatic carbocycles. The minimum Gasteiger partial charge on any atom is -0.305 e. The van der Waals surface area contributed by atoms with Crippen molar-refractivity contribution in [2.45, 2.75) is 52.9 Å². The summed E-state index contributed by atoms with van der Waals surface area (Å²) < 4.78 is 0. The summed E-state index contributed by atoms with van der Waals surface area (Å²) in [6.07, 6.45) is 13.5. The van der Waals surface area contributed by atoms with E-state index in [1.54, 1.807) is 0 Å². The molecule has 0 fully saturated rings. The summed E-state index contributed by atoms with van der Waals surface area (Å²) in [4.78, 5) is 0. The number of rotatable bonds is 3. The van der Waals surface area contributed by atoms with Crippen molar-refractivity contribution >= 4 is 5.71 Å². The molecule has 1 N–H and O–H groups in total. The topological polar surface area (TPSA) is 23.9 Å². The minimum absolute atomic E-state index is 0.684. The van der Waals surface area contributed by atoms with Crippen molar-refractivity contribution in [1.29, 1.82) is 5.41 Å². The SMILES string of the molecule is CCC1C=C(C(C)=N)CCC1C1C=CCCC1C. The van der Waals surface area contributed by atoms with Crippen LogP contribution in [0.25, 0.3) is 0 Å². The first-order chi connectivity index (χ1) is 8.63. The van der Waals surface area contributed by atoms with Crippen LogP contribution in [0.5, 0.6) is 0 Å². The quantitative estimate of drug-likeness (QED) is 0.535. The third-order valence-corrected chi connectivity index (χ3v) is 4.96. The standard InChI is InChI=1S/C17H27N/c1-4-14-11-15(13(3)18)9-10-17(14)16-8-6-5-7-12(16)2/h6,8,11-12,14,16-18H,4-5,7,9-10H2,1-3H3. The zero-order chi connectivity index (χ0) is 13.1. The van der Waals surface area contributed by atoms with E-state index in [-0.39, 0.29) is 0 Å². The number of hydrogen-bond donors (Lipinski definition) is 1. The molecule has 1 nitrogen and oxygen atoms in total. The van der Waals surface area contributed by atoms with Crippen molar-refractivity contribution in [3.05, 3.63) is 23.8 Å². The van der Waals surface area contributed by atoms with Crippen LogP contribution in [0.1, 0.15) is 52.9 Å². The molecule has 0 spiro atoms. The second kappa shape index (κ2) is 5.86. The molecule has 0 heterocycles. The fourth-order valence-corrected chi connectivity index (χ4v) is 3.77. The van der Waals surface area contributed by atoms with Crippen molar-refractivity contribution in [3.63, 3.8) is 0 Å². The average Bonchev–Trinajstić information content (AvgIpc) is 2.38. The van der Waals surface area contributed by atoms with Crippen LogP contribution in [0.3, 0.4) is 0 Å². The maximum Gasteiger partial charge on any atom is 0.0311 e. The van der Waals surface area contributed by atoms with Crippen molar-refractivity contribution in [2.75, 3.05) is 0 Å². The summed E-state index contributed by atoms with van der Waals surface area (Å²) in [5, 5.41) is 7.82. The van der Waals surface area contributed by atoms with Crippen molar-refractivity contribution in [3.8, 4) is 0 Å². The van der Waals surface area contributed by atoms with Gasteiger partial charge >= 0.3 is 0 Å². The average molecular weight is 245 g/mol. The molecule has 1 heteroatoms. The number of allylic oxidation sites excluding steroid dienone is 4. The molecule has 2 aliphatic carbocycles. The Hall–Kier alpha value is -0.850. The maximum atomic E-state index is 7.82. The van der Waals surface area contributed by atoms with E-state index in [4.69, 9.17) is 5.41 Å². The van der Waals surface area contributed by atoms with Gasteiger partial charge in [-0.1, -0.05) is 32.1 Å². The van der Waals surface area contributed by atoms with Crippen LogP contribution in [-0.4, -0.2) is 5.71 Å². The van der Waals surface area contributed by atoms with Gasteiger partial charge in [0, 0.05) is 5.71 Å². The van der Waals surface area contributed by atoms with Gasteiger partial charge in [0.25, 0.3) is 0 Å². The Morgan fingerprint density at radius 2 is 2.17 bits per heavy atom. The summed E-state index contributed by atoms with van der Waals surface area (Å²) >= 11 is 0. The third-order valence-electron chi connectivity index (χ3n) is 4.96. The van der Waals surface area contributed by atoms with Crippen LogP contribution in [0, 0.1) is 29.1 Å². The van der Waals surface area contributed by atoms with Gasteiger partial charge in [0.2, 0.25) is 0 Å². The molecule has 0 aliphatic heterocycles. The lowest BCUT2D eigenvalue weighted by molar-refractivity contribution is 0.199. The summed E-state index contributed by atoms with van der Waals surface area (Å²) in [6, 6.07) is 0. The van der Waals surface area contributed by atoms with Gasteiger partial charge in [0.1, 0.15) is 0 Å². The second-order valence-electron chi connectivity index (χ2n) is 6.15. The van der Waals surface area contributed by atoms with Crippen LogP contribution in [0.15, 0.2) is 23.8 Å². The van der Waals surface area contributed by atoms with Gasteiger partial charge in [0.05, 0.1) is 0 Å². The van der Waals surface area contributed by atoms with Gasteiger partial charge in [-0.15, -0.1) is 0 Å². The molecule has 4 atom stereocenters. The van der Waals surface area contributed by atoms with E-state index in [1.807, 2.05) is 6.92 Å². The Kier molecular flexibility index (Phi) is 4.42. The maximum absolute atomic E-state index is 7.82. The van der Waals surface area contributed by atoms with E-state index >= 15 is 0 Å². The van der Waals surface area contributed by atoms with Gasteiger partial charge in [-0.25, -0.2) is 0 Å². The molecular weight excluding hydrogens is 218 g/mol. The van der Waals surface area contributed by atoms with E-state index in [0.717, 1.165) is 29.9 Å². The highest BCUT2D eigenvalue weighted by Gasteiger charge is 2.33. The molecular formula is C17H27N. The van der Waals surface area contributed by atoms with Crippen molar-refractivity contribution < 1.29 is 0 Å². The molecule has 0 aromatic rings. The Balaban J connectivity index is 2.16.